The number of rotatable bonds is 8. The number of aryl methyl sites for hydroxylation is 1. The Morgan fingerprint density at radius 3 is 2.80 bits per heavy atom. The van der Waals surface area contributed by atoms with Crippen molar-refractivity contribution in [3.63, 3.8) is 0 Å². The molecule has 4 aromatic rings. The van der Waals surface area contributed by atoms with E-state index >= 15 is 0 Å². The molecule has 1 aromatic carbocycles. The number of carbonyl (C=O) groups excluding carboxylic acids is 1. The molecule has 0 spiro atoms. The van der Waals surface area contributed by atoms with Gasteiger partial charge in [0, 0.05) is 22.7 Å². The van der Waals surface area contributed by atoms with Crippen molar-refractivity contribution < 1.29 is 9.32 Å². The van der Waals surface area contributed by atoms with Crippen molar-refractivity contribution in [2.45, 2.75) is 84.2 Å². The molecule has 2 aliphatic carbocycles. The van der Waals surface area contributed by atoms with Gasteiger partial charge in [0.2, 0.25) is 0 Å². The summed E-state index contributed by atoms with van der Waals surface area (Å²) in [7, 11) is 0. The van der Waals surface area contributed by atoms with Gasteiger partial charge in [0.15, 0.2) is 11.6 Å². The summed E-state index contributed by atoms with van der Waals surface area (Å²) in [5.74, 6) is 1.65. The van der Waals surface area contributed by atoms with Crippen LogP contribution < -0.4 is 5.32 Å². The first kappa shape index (κ1) is 26.9. The Kier molecular flexibility index (Phi) is 6.71. The van der Waals surface area contributed by atoms with Gasteiger partial charge in [-0.25, -0.2) is 9.98 Å². The van der Waals surface area contributed by atoms with E-state index in [2.05, 4.69) is 82.3 Å². The van der Waals surface area contributed by atoms with Gasteiger partial charge in [-0.2, -0.15) is 10.1 Å². The van der Waals surface area contributed by atoms with Crippen LogP contribution in [0.5, 0.6) is 0 Å². The Hall–Kier alpha value is -4.34. The number of benzene rings is 1. The summed E-state index contributed by atoms with van der Waals surface area (Å²) in [4.78, 5) is 29.9. The Balaban J connectivity index is 1.26. The van der Waals surface area contributed by atoms with Crippen LogP contribution in [0.15, 0.2) is 40.0 Å². The summed E-state index contributed by atoms with van der Waals surface area (Å²) in [6.45, 7) is 14.1. The highest BCUT2D eigenvalue weighted by Gasteiger charge is 2.44. The molecule has 1 saturated carbocycles. The second-order valence-electron chi connectivity index (χ2n) is 11.6. The van der Waals surface area contributed by atoms with Crippen molar-refractivity contribution in [2.24, 2.45) is 4.99 Å². The molecule has 0 bridgehead atoms. The molecule has 1 fully saturated rings. The Morgan fingerprint density at radius 2 is 2.12 bits per heavy atom. The van der Waals surface area contributed by atoms with Crippen molar-refractivity contribution in [3.05, 3.63) is 70.3 Å². The molecule has 0 radical (unpaired) electrons. The summed E-state index contributed by atoms with van der Waals surface area (Å²) >= 11 is 0. The molecule has 10 nitrogen and oxygen atoms in total. The van der Waals surface area contributed by atoms with Crippen molar-refractivity contribution >= 4 is 24.0 Å². The van der Waals surface area contributed by atoms with Crippen LogP contribution in [0, 0.1) is 6.92 Å². The number of carbonyl (C=O) groups is 1. The van der Waals surface area contributed by atoms with Gasteiger partial charge < -0.3 is 14.8 Å². The fourth-order valence-electron chi connectivity index (χ4n) is 5.73. The van der Waals surface area contributed by atoms with Gasteiger partial charge in [-0.15, -0.1) is 0 Å². The second kappa shape index (κ2) is 10.2. The van der Waals surface area contributed by atoms with Crippen LogP contribution in [0.2, 0.25) is 0 Å². The lowest BCUT2D eigenvalue weighted by atomic mass is 9.85. The van der Waals surface area contributed by atoms with E-state index in [1.165, 1.54) is 5.56 Å². The molecule has 212 valence electrons. The Bertz CT molecular complexity index is 1670. The smallest absolute Gasteiger partial charge is 0.315 e. The lowest BCUT2D eigenvalue weighted by Gasteiger charge is -2.26. The van der Waals surface area contributed by atoms with Gasteiger partial charge in [0.1, 0.15) is 11.5 Å². The van der Waals surface area contributed by atoms with Gasteiger partial charge in [-0.1, -0.05) is 36.4 Å². The monoisotopic (exact) mass is 552 g/mol. The molecule has 10 heteroatoms. The summed E-state index contributed by atoms with van der Waals surface area (Å²) < 4.78 is 7.29. The van der Waals surface area contributed by atoms with E-state index in [0.29, 0.717) is 17.5 Å². The minimum atomic E-state index is -0.328. The lowest BCUT2D eigenvalue weighted by molar-refractivity contribution is 0.0888. The minimum Gasteiger partial charge on any atom is -0.341 e. The summed E-state index contributed by atoms with van der Waals surface area (Å²) in [6.07, 6.45) is 8.68. The van der Waals surface area contributed by atoms with Crippen LogP contribution in [0.4, 0.5) is 5.82 Å². The van der Waals surface area contributed by atoms with Gasteiger partial charge >= 0.3 is 11.8 Å². The highest BCUT2D eigenvalue weighted by atomic mass is 16.5. The van der Waals surface area contributed by atoms with Crippen LogP contribution in [0.3, 0.4) is 0 Å². The second-order valence-corrected chi connectivity index (χ2v) is 11.6. The molecule has 6 rings (SSSR count). The predicted octanol–water partition coefficient (Wildman–Crippen LogP) is 6.19. The van der Waals surface area contributed by atoms with E-state index < -0.39 is 0 Å². The van der Waals surface area contributed by atoms with Gasteiger partial charge in [0.25, 0.3) is 0 Å². The Labute approximate surface area is 239 Å². The number of hydrogen-bond donors (Lipinski definition) is 2. The number of nitrogens with one attached hydrogen (secondary N) is 2. The predicted molar refractivity (Wildman–Crippen MR) is 157 cm³/mol. The summed E-state index contributed by atoms with van der Waals surface area (Å²) in [5.41, 5.74) is 6.98. The van der Waals surface area contributed by atoms with Crippen LogP contribution in [0.1, 0.15) is 110 Å². The summed E-state index contributed by atoms with van der Waals surface area (Å²) in [6, 6.07) is 6.52. The molecule has 41 heavy (non-hydrogen) atoms. The van der Waals surface area contributed by atoms with Gasteiger partial charge in [-0.05, 0) is 83.2 Å². The zero-order chi connectivity index (χ0) is 28.9. The molecule has 3 heterocycles. The highest BCUT2D eigenvalue weighted by Crippen LogP contribution is 2.46. The van der Waals surface area contributed by atoms with Crippen molar-refractivity contribution in [2.75, 3.05) is 0 Å². The third-order valence-corrected chi connectivity index (χ3v) is 8.41. The highest BCUT2D eigenvalue weighted by molar-refractivity contribution is 5.90. The quantitative estimate of drug-likeness (QED) is 0.251. The SMILES string of the molecule is C=Nc1[nH]c(-c2cnn(C(C)C)c2C)nc1/C(=C\C)c1ccc2c(c1)CCCC2NC(=O)c1nc(C2(C)CC2)no1. The van der Waals surface area contributed by atoms with Crippen LogP contribution >= 0.6 is 0 Å². The number of amides is 1. The zero-order valence-electron chi connectivity index (χ0n) is 24.3. The molecule has 1 unspecified atom stereocenters. The van der Waals surface area contributed by atoms with E-state index in [1.54, 1.807) is 0 Å². The largest absolute Gasteiger partial charge is 0.341 e. The van der Waals surface area contributed by atoms with Crippen molar-refractivity contribution in [3.8, 4) is 11.4 Å². The molecule has 0 saturated heterocycles. The first-order valence-electron chi connectivity index (χ1n) is 14.3. The maximum Gasteiger partial charge on any atom is 0.315 e. The molecule has 2 N–H and O–H groups in total. The maximum absolute atomic E-state index is 13.0. The number of allylic oxidation sites excluding steroid dienone is 1. The normalized spacial score (nSPS) is 17.9. The molecule has 3 aromatic heterocycles. The zero-order valence-corrected chi connectivity index (χ0v) is 24.3. The van der Waals surface area contributed by atoms with Gasteiger partial charge in [0.05, 0.1) is 17.8 Å². The van der Waals surface area contributed by atoms with E-state index in [4.69, 9.17) is 9.51 Å². The van der Waals surface area contributed by atoms with Crippen LogP contribution in [0.25, 0.3) is 17.0 Å². The number of nitrogens with zero attached hydrogens (tertiary/aromatic N) is 6. The number of hydrogen-bond acceptors (Lipinski definition) is 7. The van der Waals surface area contributed by atoms with Crippen molar-refractivity contribution in [1.29, 1.82) is 0 Å². The minimum absolute atomic E-state index is 0.0287. The molecule has 0 aliphatic heterocycles. The maximum atomic E-state index is 13.0. The number of aromatic nitrogens is 6. The number of imidazole rings is 1. The molecule has 1 atom stereocenters. The molecule has 1 amide bonds. The fourth-order valence-corrected chi connectivity index (χ4v) is 5.73. The topological polar surface area (TPSA) is 127 Å². The van der Waals surface area contributed by atoms with Crippen molar-refractivity contribution in [1.82, 2.24) is 35.2 Å². The first-order chi connectivity index (χ1) is 19.7. The van der Waals surface area contributed by atoms with E-state index in [1.807, 2.05) is 24.7 Å². The molecular formula is C31H36N8O2. The first-order valence-corrected chi connectivity index (χ1v) is 14.3. The van der Waals surface area contributed by atoms with E-state index in [9.17, 15) is 4.79 Å². The van der Waals surface area contributed by atoms with E-state index in [0.717, 1.165) is 65.8 Å². The number of aromatic amines is 1. The third-order valence-electron chi connectivity index (χ3n) is 8.41. The average Bonchev–Trinajstić information content (AvgIpc) is 3.33. The fraction of sp³-hybridized carbons (Fsp3) is 0.419. The van der Waals surface area contributed by atoms with E-state index in [-0.39, 0.29) is 29.3 Å². The van der Waals surface area contributed by atoms with Crippen LogP contribution in [-0.4, -0.2) is 42.5 Å². The summed E-state index contributed by atoms with van der Waals surface area (Å²) in [5, 5.41) is 11.7. The standard InChI is InChI=1S/C31H36N8O2/c1-7-21(25-27(32-6)36-26(35-25)23-16-33-39(17(2)3)18(23)4)20-11-12-22-19(15-20)9-8-10-24(22)34-28(40)29-37-30(38-41-29)31(5)13-14-31/h7,11-12,15-17,24H,6,8-10,13-14H2,1-5H3,(H,34,40)(H,35,36)/b21-7-. The Morgan fingerprint density at radius 1 is 1.32 bits per heavy atom. The van der Waals surface area contributed by atoms with Gasteiger partial charge in [-0.3, -0.25) is 9.48 Å². The average molecular weight is 553 g/mol. The number of H-pyrrole nitrogens is 1. The molecular weight excluding hydrogens is 516 g/mol. The number of aliphatic imine (C=N–C) groups is 1. The number of fused-ring (bicyclic) bond motifs is 1. The van der Waals surface area contributed by atoms with Crippen LogP contribution in [-0.2, 0) is 11.8 Å². The molecule has 2 aliphatic rings. The lowest BCUT2D eigenvalue weighted by Crippen LogP contribution is -2.31. The third kappa shape index (κ3) is 4.81.